The Bertz CT molecular complexity index is 523. The first-order valence-electron chi connectivity index (χ1n) is 5.85. The van der Waals surface area contributed by atoms with Crippen LogP contribution in [0.25, 0.3) is 0 Å². The third kappa shape index (κ3) is 3.20. The van der Waals surface area contributed by atoms with Crippen LogP contribution in [0.3, 0.4) is 0 Å². The van der Waals surface area contributed by atoms with E-state index in [4.69, 9.17) is 5.73 Å². The molecule has 18 heavy (non-hydrogen) atoms. The number of aryl methyl sites for hydroxylation is 1. The van der Waals surface area contributed by atoms with Gasteiger partial charge in [0.15, 0.2) is 0 Å². The fraction of sp³-hybridized carbons (Fsp3) is 0.214. The molecule has 94 valence electrons. The highest BCUT2D eigenvalue weighted by atomic mass is 19.1. The Balaban J connectivity index is 1.90. The number of nitrogen functional groups attached to an aromatic ring is 1. The van der Waals surface area contributed by atoms with Crippen LogP contribution >= 0.6 is 0 Å². The van der Waals surface area contributed by atoms with Crippen LogP contribution in [0, 0.1) is 12.7 Å². The van der Waals surface area contributed by atoms with Gasteiger partial charge in [0.05, 0.1) is 11.9 Å². The Hall–Kier alpha value is -2.10. The van der Waals surface area contributed by atoms with Crippen LogP contribution in [0.4, 0.5) is 15.9 Å². The molecule has 1 aromatic heterocycles. The first-order valence-corrected chi connectivity index (χ1v) is 5.85. The molecule has 0 saturated heterocycles. The van der Waals surface area contributed by atoms with Crippen molar-refractivity contribution in [1.82, 2.24) is 4.98 Å². The number of halogens is 1. The summed E-state index contributed by atoms with van der Waals surface area (Å²) in [4.78, 5) is 4.23. The standard InChI is InChI=1S/C14H16FN3/c1-10-8-13(16)9-18-14(10)17-7-6-11-2-4-12(15)5-3-11/h2-5,8-9H,6-7,16H2,1H3,(H,17,18). The van der Waals surface area contributed by atoms with Crippen molar-refractivity contribution in [2.45, 2.75) is 13.3 Å². The molecule has 0 fully saturated rings. The topological polar surface area (TPSA) is 50.9 Å². The lowest BCUT2D eigenvalue weighted by molar-refractivity contribution is 0.627. The smallest absolute Gasteiger partial charge is 0.129 e. The predicted molar refractivity (Wildman–Crippen MR) is 72.0 cm³/mol. The summed E-state index contributed by atoms with van der Waals surface area (Å²) in [6, 6.07) is 8.41. The predicted octanol–water partition coefficient (Wildman–Crippen LogP) is 2.77. The summed E-state index contributed by atoms with van der Waals surface area (Å²) in [6.45, 7) is 2.72. The number of nitrogens with zero attached hydrogens (tertiary/aromatic N) is 1. The van der Waals surface area contributed by atoms with E-state index in [1.54, 1.807) is 18.3 Å². The molecular weight excluding hydrogens is 229 g/mol. The number of hydrogen-bond acceptors (Lipinski definition) is 3. The van der Waals surface area contributed by atoms with Crippen molar-refractivity contribution in [3.63, 3.8) is 0 Å². The first kappa shape index (κ1) is 12.4. The van der Waals surface area contributed by atoms with E-state index in [2.05, 4.69) is 10.3 Å². The van der Waals surface area contributed by atoms with Gasteiger partial charge in [-0.3, -0.25) is 0 Å². The number of nitrogens with two attached hydrogens (primary N) is 1. The molecule has 0 unspecified atom stereocenters. The maximum Gasteiger partial charge on any atom is 0.129 e. The molecule has 0 aliphatic rings. The van der Waals surface area contributed by atoms with Gasteiger partial charge in [-0.2, -0.15) is 0 Å². The average Bonchev–Trinajstić information content (AvgIpc) is 2.34. The van der Waals surface area contributed by atoms with Gasteiger partial charge in [-0.1, -0.05) is 12.1 Å². The highest BCUT2D eigenvalue weighted by Gasteiger charge is 2.00. The second-order valence-electron chi connectivity index (χ2n) is 4.24. The summed E-state index contributed by atoms with van der Waals surface area (Å²) in [5.41, 5.74) is 8.42. The first-order chi connectivity index (χ1) is 8.65. The molecule has 4 heteroatoms. The summed E-state index contributed by atoms with van der Waals surface area (Å²) < 4.78 is 12.7. The summed E-state index contributed by atoms with van der Waals surface area (Å²) in [7, 11) is 0. The molecule has 0 saturated carbocycles. The van der Waals surface area contributed by atoms with Crippen LogP contribution in [0.1, 0.15) is 11.1 Å². The van der Waals surface area contributed by atoms with Crippen LogP contribution in [0.5, 0.6) is 0 Å². The maximum atomic E-state index is 12.7. The van der Waals surface area contributed by atoms with Crippen LogP contribution in [-0.2, 0) is 6.42 Å². The van der Waals surface area contributed by atoms with Gasteiger partial charge >= 0.3 is 0 Å². The minimum absolute atomic E-state index is 0.206. The second-order valence-corrected chi connectivity index (χ2v) is 4.24. The Labute approximate surface area is 106 Å². The maximum absolute atomic E-state index is 12.7. The zero-order valence-corrected chi connectivity index (χ0v) is 10.3. The number of benzene rings is 1. The number of hydrogen-bond donors (Lipinski definition) is 2. The lowest BCUT2D eigenvalue weighted by Crippen LogP contribution is -2.08. The van der Waals surface area contributed by atoms with E-state index in [1.807, 2.05) is 13.0 Å². The van der Waals surface area contributed by atoms with E-state index < -0.39 is 0 Å². The Morgan fingerprint density at radius 1 is 1.28 bits per heavy atom. The third-order valence-corrected chi connectivity index (χ3v) is 2.72. The SMILES string of the molecule is Cc1cc(N)cnc1NCCc1ccc(F)cc1. The fourth-order valence-corrected chi connectivity index (χ4v) is 1.76. The summed E-state index contributed by atoms with van der Waals surface area (Å²) in [6.07, 6.45) is 2.46. The molecule has 2 rings (SSSR count). The molecule has 2 aromatic rings. The summed E-state index contributed by atoms with van der Waals surface area (Å²) in [5, 5.41) is 3.24. The third-order valence-electron chi connectivity index (χ3n) is 2.72. The Morgan fingerprint density at radius 3 is 2.67 bits per heavy atom. The normalized spacial score (nSPS) is 10.3. The molecule has 0 spiro atoms. The van der Waals surface area contributed by atoms with E-state index >= 15 is 0 Å². The molecule has 0 aliphatic heterocycles. The molecule has 1 heterocycles. The average molecular weight is 245 g/mol. The fourth-order valence-electron chi connectivity index (χ4n) is 1.76. The van der Waals surface area contributed by atoms with Crippen molar-refractivity contribution in [2.24, 2.45) is 0 Å². The highest BCUT2D eigenvalue weighted by molar-refractivity contribution is 5.50. The van der Waals surface area contributed by atoms with Gasteiger partial charge in [0.1, 0.15) is 11.6 Å². The molecular formula is C14H16FN3. The molecule has 1 aromatic carbocycles. The number of nitrogens with one attached hydrogen (secondary N) is 1. The van der Waals surface area contributed by atoms with Crippen LogP contribution in [0.15, 0.2) is 36.5 Å². The van der Waals surface area contributed by atoms with Crippen molar-refractivity contribution in [3.05, 3.63) is 53.5 Å². The zero-order chi connectivity index (χ0) is 13.0. The minimum Gasteiger partial charge on any atom is -0.397 e. The number of anilines is 2. The molecule has 0 bridgehead atoms. The lowest BCUT2D eigenvalue weighted by Gasteiger charge is -2.08. The highest BCUT2D eigenvalue weighted by Crippen LogP contribution is 2.13. The number of pyridine rings is 1. The number of rotatable bonds is 4. The number of aromatic nitrogens is 1. The van der Waals surface area contributed by atoms with E-state index in [0.717, 1.165) is 29.9 Å². The van der Waals surface area contributed by atoms with Gasteiger partial charge in [-0.25, -0.2) is 9.37 Å². The molecule has 0 atom stereocenters. The zero-order valence-electron chi connectivity index (χ0n) is 10.3. The quantitative estimate of drug-likeness (QED) is 0.870. The molecule has 3 nitrogen and oxygen atoms in total. The van der Waals surface area contributed by atoms with Crippen molar-refractivity contribution in [3.8, 4) is 0 Å². The monoisotopic (exact) mass is 245 g/mol. The summed E-state index contributed by atoms with van der Waals surface area (Å²) >= 11 is 0. The van der Waals surface area contributed by atoms with E-state index in [0.29, 0.717) is 5.69 Å². The van der Waals surface area contributed by atoms with E-state index in [9.17, 15) is 4.39 Å². The Morgan fingerprint density at radius 2 is 2.00 bits per heavy atom. The second kappa shape index (κ2) is 5.49. The van der Waals surface area contributed by atoms with Gasteiger partial charge in [0.2, 0.25) is 0 Å². The molecule has 0 aliphatic carbocycles. The van der Waals surface area contributed by atoms with Gasteiger partial charge in [0.25, 0.3) is 0 Å². The van der Waals surface area contributed by atoms with Crippen LogP contribution in [0.2, 0.25) is 0 Å². The van der Waals surface area contributed by atoms with E-state index in [1.165, 1.54) is 12.1 Å². The van der Waals surface area contributed by atoms with E-state index in [-0.39, 0.29) is 5.82 Å². The van der Waals surface area contributed by atoms with Crippen molar-refractivity contribution in [1.29, 1.82) is 0 Å². The molecule has 0 radical (unpaired) electrons. The van der Waals surface area contributed by atoms with Crippen molar-refractivity contribution >= 4 is 11.5 Å². The van der Waals surface area contributed by atoms with Gasteiger partial charge < -0.3 is 11.1 Å². The van der Waals surface area contributed by atoms with Crippen molar-refractivity contribution in [2.75, 3.05) is 17.6 Å². The minimum atomic E-state index is -0.206. The summed E-state index contributed by atoms with van der Waals surface area (Å²) in [5.74, 6) is 0.633. The van der Waals surface area contributed by atoms with Gasteiger partial charge in [0, 0.05) is 6.54 Å². The molecule has 3 N–H and O–H groups in total. The van der Waals surface area contributed by atoms with Crippen molar-refractivity contribution < 1.29 is 4.39 Å². The van der Waals surface area contributed by atoms with Crippen LogP contribution < -0.4 is 11.1 Å². The molecule has 0 amide bonds. The largest absolute Gasteiger partial charge is 0.397 e. The Kier molecular flexibility index (Phi) is 3.77. The van der Waals surface area contributed by atoms with Crippen LogP contribution in [-0.4, -0.2) is 11.5 Å². The van der Waals surface area contributed by atoms with Gasteiger partial charge in [-0.15, -0.1) is 0 Å². The van der Waals surface area contributed by atoms with Gasteiger partial charge in [-0.05, 0) is 42.7 Å². The lowest BCUT2D eigenvalue weighted by atomic mass is 10.1.